The Balaban J connectivity index is 1.55. The van der Waals surface area contributed by atoms with Crippen molar-refractivity contribution < 1.29 is 22.7 Å². The fourth-order valence-electron chi connectivity index (χ4n) is 2.11. The first-order valence-corrected chi connectivity index (χ1v) is 9.10. The predicted molar refractivity (Wildman–Crippen MR) is 90.2 cm³/mol. The minimum atomic E-state index is -3.70. The zero-order valence-electron chi connectivity index (χ0n) is 12.9. The van der Waals surface area contributed by atoms with Crippen LogP contribution in [0.4, 0.5) is 5.69 Å². The van der Waals surface area contributed by atoms with Gasteiger partial charge < -0.3 is 14.8 Å². The van der Waals surface area contributed by atoms with Gasteiger partial charge >= 0.3 is 0 Å². The number of aromatic nitrogens is 1. The van der Waals surface area contributed by atoms with E-state index in [4.69, 9.17) is 21.1 Å². The molecule has 1 amide bonds. The summed E-state index contributed by atoms with van der Waals surface area (Å²) in [7, 11) is -3.70. The SMILES string of the molecule is O=C(CCNS(=O)(=O)c1cccnc1)Nc1cc2c(cc1Cl)OCO2. The zero-order chi connectivity index (χ0) is 17.9. The van der Waals surface area contributed by atoms with Gasteiger partial charge in [0.25, 0.3) is 0 Å². The Morgan fingerprint density at radius 3 is 2.76 bits per heavy atom. The van der Waals surface area contributed by atoms with Gasteiger partial charge in [0.1, 0.15) is 4.90 Å². The highest BCUT2D eigenvalue weighted by molar-refractivity contribution is 7.89. The van der Waals surface area contributed by atoms with Crippen molar-refractivity contribution in [3.63, 3.8) is 0 Å². The molecule has 2 aromatic rings. The number of rotatable bonds is 6. The van der Waals surface area contributed by atoms with Crippen LogP contribution in [0.25, 0.3) is 0 Å². The highest BCUT2D eigenvalue weighted by Gasteiger charge is 2.18. The summed E-state index contributed by atoms with van der Waals surface area (Å²) in [6.07, 6.45) is 2.64. The van der Waals surface area contributed by atoms with Crippen LogP contribution >= 0.6 is 11.6 Å². The lowest BCUT2D eigenvalue weighted by Gasteiger charge is -2.09. The maximum atomic E-state index is 12.0. The van der Waals surface area contributed by atoms with E-state index < -0.39 is 15.9 Å². The van der Waals surface area contributed by atoms with Crippen LogP contribution in [0.3, 0.4) is 0 Å². The van der Waals surface area contributed by atoms with Gasteiger partial charge in [0.2, 0.25) is 22.7 Å². The van der Waals surface area contributed by atoms with Crippen LogP contribution in [0.1, 0.15) is 6.42 Å². The van der Waals surface area contributed by atoms with Crippen LogP contribution in [-0.2, 0) is 14.8 Å². The average Bonchev–Trinajstić information content (AvgIpc) is 3.03. The summed E-state index contributed by atoms with van der Waals surface area (Å²) in [4.78, 5) is 15.8. The first-order chi connectivity index (χ1) is 12.0. The van der Waals surface area contributed by atoms with Crippen molar-refractivity contribution in [1.29, 1.82) is 0 Å². The fraction of sp³-hybridized carbons (Fsp3) is 0.200. The largest absolute Gasteiger partial charge is 0.454 e. The third-order valence-corrected chi connectivity index (χ3v) is 5.08. The van der Waals surface area contributed by atoms with Gasteiger partial charge in [0.15, 0.2) is 11.5 Å². The van der Waals surface area contributed by atoms with E-state index in [1.165, 1.54) is 24.5 Å². The van der Waals surface area contributed by atoms with Crippen LogP contribution < -0.4 is 19.5 Å². The molecule has 0 atom stereocenters. The quantitative estimate of drug-likeness (QED) is 0.787. The molecule has 1 aliphatic heterocycles. The molecule has 2 heterocycles. The molecule has 3 rings (SSSR count). The molecule has 0 bridgehead atoms. The molecule has 1 aromatic carbocycles. The summed E-state index contributed by atoms with van der Waals surface area (Å²) in [5.41, 5.74) is 0.367. The summed E-state index contributed by atoms with van der Waals surface area (Å²) in [5, 5.41) is 2.91. The van der Waals surface area contributed by atoms with Crippen LogP contribution in [0.5, 0.6) is 11.5 Å². The molecule has 0 aliphatic carbocycles. The maximum Gasteiger partial charge on any atom is 0.242 e. The summed E-state index contributed by atoms with van der Waals surface area (Å²) in [5.74, 6) is 0.596. The summed E-state index contributed by atoms with van der Waals surface area (Å²) in [6, 6.07) is 6.04. The van der Waals surface area contributed by atoms with E-state index in [9.17, 15) is 13.2 Å². The highest BCUT2D eigenvalue weighted by atomic mass is 35.5. The average molecular weight is 384 g/mol. The molecular formula is C15H14ClN3O5S. The lowest BCUT2D eigenvalue weighted by atomic mass is 10.2. The van der Waals surface area contributed by atoms with Gasteiger partial charge in [-0.1, -0.05) is 11.6 Å². The number of carbonyl (C=O) groups is 1. The molecule has 0 saturated heterocycles. The lowest BCUT2D eigenvalue weighted by Crippen LogP contribution is -2.28. The minimum Gasteiger partial charge on any atom is -0.454 e. The lowest BCUT2D eigenvalue weighted by molar-refractivity contribution is -0.116. The number of halogens is 1. The van der Waals surface area contributed by atoms with Gasteiger partial charge in [-0.15, -0.1) is 0 Å². The van der Waals surface area contributed by atoms with Crippen molar-refractivity contribution >= 4 is 33.2 Å². The van der Waals surface area contributed by atoms with E-state index in [1.54, 1.807) is 12.1 Å². The molecule has 0 fully saturated rings. The molecule has 1 aliphatic rings. The number of sulfonamides is 1. The number of nitrogens with zero attached hydrogens (tertiary/aromatic N) is 1. The first kappa shape index (κ1) is 17.5. The van der Waals surface area contributed by atoms with Crippen molar-refractivity contribution in [2.24, 2.45) is 0 Å². The van der Waals surface area contributed by atoms with Crippen molar-refractivity contribution in [3.8, 4) is 11.5 Å². The second-order valence-corrected chi connectivity index (χ2v) is 7.24. The number of hydrogen-bond donors (Lipinski definition) is 2. The topological polar surface area (TPSA) is 107 Å². The van der Waals surface area contributed by atoms with Crippen molar-refractivity contribution in [3.05, 3.63) is 41.7 Å². The summed E-state index contributed by atoms with van der Waals surface area (Å²) < 4.78 is 36.8. The Labute approximate surface area is 149 Å². The molecule has 0 spiro atoms. The summed E-state index contributed by atoms with van der Waals surface area (Å²) in [6.45, 7) is 0.0322. The van der Waals surface area contributed by atoms with Gasteiger partial charge in [-0.3, -0.25) is 9.78 Å². The van der Waals surface area contributed by atoms with Crippen molar-refractivity contribution in [1.82, 2.24) is 9.71 Å². The molecule has 10 heteroatoms. The molecule has 0 unspecified atom stereocenters. The summed E-state index contributed by atoms with van der Waals surface area (Å²) >= 11 is 6.07. The standard InChI is InChI=1S/C15H14ClN3O5S/c16-11-6-13-14(24-9-23-13)7-12(11)19-15(20)3-5-18-25(21,22)10-2-1-4-17-8-10/h1-2,4,6-8,18H,3,5,9H2,(H,19,20). The van der Waals surface area contributed by atoms with Gasteiger partial charge in [-0.25, -0.2) is 13.1 Å². The molecule has 8 nitrogen and oxygen atoms in total. The van der Waals surface area contributed by atoms with Crippen molar-refractivity contribution in [2.45, 2.75) is 11.3 Å². The second-order valence-electron chi connectivity index (χ2n) is 5.07. The van der Waals surface area contributed by atoms with E-state index in [1.807, 2.05) is 0 Å². The Hall–Kier alpha value is -2.36. The fourth-order valence-corrected chi connectivity index (χ4v) is 3.31. The molecule has 0 saturated carbocycles. The van der Waals surface area contributed by atoms with Gasteiger partial charge in [-0.2, -0.15) is 0 Å². The maximum absolute atomic E-state index is 12.0. The normalized spacial score (nSPS) is 12.8. The van der Waals surface area contributed by atoms with E-state index in [2.05, 4.69) is 15.0 Å². The Morgan fingerprint density at radius 1 is 1.28 bits per heavy atom. The van der Waals surface area contributed by atoms with Crippen LogP contribution in [-0.4, -0.2) is 32.6 Å². The molecule has 25 heavy (non-hydrogen) atoms. The number of amides is 1. The van der Waals surface area contributed by atoms with Gasteiger partial charge in [0, 0.05) is 37.5 Å². The van der Waals surface area contributed by atoms with E-state index >= 15 is 0 Å². The first-order valence-electron chi connectivity index (χ1n) is 7.24. The number of hydrogen-bond acceptors (Lipinski definition) is 6. The number of benzene rings is 1. The number of pyridine rings is 1. The van der Waals surface area contributed by atoms with Crippen LogP contribution in [0, 0.1) is 0 Å². The monoisotopic (exact) mass is 383 g/mol. The molecule has 0 radical (unpaired) electrons. The minimum absolute atomic E-state index is 0.0363. The Kier molecular flexibility index (Phi) is 5.07. The molecule has 132 valence electrons. The second kappa shape index (κ2) is 7.26. The third kappa shape index (κ3) is 4.19. The number of anilines is 1. The van der Waals surface area contributed by atoms with E-state index in [0.717, 1.165) is 0 Å². The van der Waals surface area contributed by atoms with Gasteiger partial charge in [0.05, 0.1) is 10.7 Å². The number of nitrogens with one attached hydrogen (secondary N) is 2. The molecule has 2 N–H and O–H groups in total. The van der Waals surface area contributed by atoms with E-state index in [0.29, 0.717) is 22.2 Å². The van der Waals surface area contributed by atoms with Crippen molar-refractivity contribution in [2.75, 3.05) is 18.7 Å². The number of fused-ring (bicyclic) bond motifs is 1. The van der Waals surface area contributed by atoms with Gasteiger partial charge in [-0.05, 0) is 12.1 Å². The number of ether oxygens (including phenoxy) is 2. The van der Waals surface area contributed by atoms with Crippen LogP contribution in [0.15, 0.2) is 41.6 Å². The smallest absolute Gasteiger partial charge is 0.242 e. The Morgan fingerprint density at radius 2 is 2.04 bits per heavy atom. The van der Waals surface area contributed by atoms with Crippen LogP contribution in [0.2, 0.25) is 5.02 Å². The molecular weight excluding hydrogens is 370 g/mol. The predicted octanol–water partition coefficient (Wildman–Crippen LogP) is 1.77. The molecule has 1 aromatic heterocycles. The number of carbonyl (C=O) groups excluding carboxylic acids is 1. The highest BCUT2D eigenvalue weighted by Crippen LogP contribution is 2.39. The Bertz CT molecular complexity index is 890. The van der Waals surface area contributed by atoms with E-state index in [-0.39, 0.29) is 24.7 Å². The third-order valence-electron chi connectivity index (χ3n) is 3.33. The zero-order valence-corrected chi connectivity index (χ0v) is 14.4.